The second-order valence-corrected chi connectivity index (χ2v) is 13.7. The van der Waals surface area contributed by atoms with Crippen molar-refractivity contribution in [1.82, 2.24) is 0 Å². The maximum absolute atomic E-state index is 5.58. The zero-order valence-electron chi connectivity index (χ0n) is 24.3. The van der Waals surface area contributed by atoms with Crippen molar-refractivity contribution in [2.75, 3.05) is 0 Å². The van der Waals surface area contributed by atoms with Crippen LogP contribution < -0.4 is 10.4 Å². The summed E-state index contributed by atoms with van der Waals surface area (Å²) in [7, 11) is 0. The Labute approximate surface area is 228 Å². The smallest absolute Gasteiger partial charge is 0.0981 e. The molecule has 38 heavy (non-hydrogen) atoms. The fraction of sp³-hybridized carbons (Fsp3) is 0.405. The van der Waals surface area contributed by atoms with E-state index in [4.69, 9.17) is 4.42 Å². The van der Waals surface area contributed by atoms with Crippen LogP contribution in [0, 0.1) is 16.4 Å². The van der Waals surface area contributed by atoms with Crippen LogP contribution in [0.1, 0.15) is 108 Å². The van der Waals surface area contributed by atoms with Gasteiger partial charge in [0.1, 0.15) is 0 Å². The Morgan fingerprint density at radius 1 is 0.842 bits per heavy atom. The number of benzene rings is 2. The Hall–Kier alpha value is -3.06. The van der Waals surface area contributed by atoms with Crippen LogP contribution >= 0.6 is 0 Å². The average Bonchev–Trinajstić information content (AvgIpc) is 3.60. The standard InChI is InChI=1S/C37H42O/c1-23-13-16-28(26-17-18-38-22-26)33(23)35-31-19-25-14-15-27(36(2,3)4)20-29(25)30(31)21-32(37(5,6)7)34(35)24-11-9-8-10-12-24/h13-23H,8-12H2,1-7H3. The number of hydrogen-bond donors (Lipinski definition) is 0. The van der Waals surface area contributed by atoms with Crippen LogP contribution in [0.3, 0.4) is 0 Å². The molecule has 0 saturated heterocycles. The molecule has 0 radical (unpaired) electrons. The van der Waals surface area contributed by atoms with Crippen molar-refractivity contribution < 1.29 is 4.42 Å². The Bertz CT molecular complexity index is 1690. The van der Waals surface area contributed by atoms with E-state index in [-0.39, 0.29) is 10.8 Å². The third kappa shape index (κ3) is 4.15. The van der Waals surface area contributed by atoms with Crippen molar-refractivity contribution in [3.8, 4) is 0 Å². The van der Waals surface area contributed by atoms with Crippen molar-refractivity contribution in [1.29, 1.82) is 0 Å². The normalized spacial score (nSPS) is 19.1. The third-order valence-corrected chi connectivity index (χ3v) is 8.89. The molecule has 1 saturated carbocycles. The van der Waals surface area contributed by atoms with Gasteiger partial charge in [-0.1, -0.05) is 90.8 Å². The highest BCUT2D eigenvalue weighted by Gasteiger charge is 2.29. The molecular formula is C37H42O. The SMILES string of the molecule is CC1C=CC(c2ccoc2)=C1c1c2c(cc(C(C)(C)C)c1=C1CCCCC1)=c1cc(C(C)(C)C)ccc1=C2. The Morgan fingerprint density at radius 3 is 2.26 bits per heavy atom. The van der Waals surface area contributed by atoms with E-state index in [9.17, 15) is 0 Å². The maximum atomic E-state index is 5.58. The zero-order chi connectivity index (χ0) is 26.8. The summed E-state index contributed by atoms with van der Waals surface area (Å²) >= 11 is 0. The molecule has 3 aliphatic carbocycles. The van der Waals surface area contributed by atoms with Crippen molar-refractivity contribution in [2.24, 2.45) is 5.92 Å². The molecule has 196 valence electrons. The number of allylic oxidation sites excluding steroid dienone is 4. The van der Waals surface area contributed by atoms with Gasteiger partial charge in [0.2, 0.25) is 0 Å². The molecule has 1 nitrogen and oxygen atoms in total. The molecule has 1 unspecified atom stereocenters. The Balaban J connectivity index is 1.84. The number of rotatable bonds is 2. The van der Waals surface area contributed by atoms with Gasteiger partial charge in [-0.15, -0.1) is 0 Å². The van der Waals surface area contributed by atoms with E-state index in [2.05, 4.69) is 97.0 Å². The van der Waals surface area contributed by atoms with E-state index < -0.39 is 0 Å². The van der Waals surface area contributed by atoms with E-state index in [0.717, 1.165) is 0 Å². The minimum atomic E-state index is 0.0413. The van der Waals surface area contributed by atoms with Gasteiger partial charge in [0.15, 0.2) is 0 Å². The minimum absolute atomic E-state index is 0.0413. The van der Waals surface area contributed by atoms with E-state index in [1.807, 2.05) is 6.26 Å². The first-order chi connectivity index (χ1) is 18.0. The largest absolute Gasteiger partial charge is 0.472 e. The first-order valence-corrected chi connectivity index (χ1v) is 14.6. The number of fused-ring (bicyclic) bond motifs is 2. The summed E-state index contributed by atoms with van der Waals surface area (Å²) in [5.74, 6) is 0.351. The lowest BCUT2D eigenvalue weighted by Gasteiger charge is -2.28. The molecule has 0 aliphatic heterocycles. The van der Waals surface area contributed by atoms with Gasteiger partial charge in [-0.3, -0.25) is 0 Å². The summed E-state index contributed by atoms with van der Waals surface area (Å²) in [5.41, 5.74) is 11.6. The number of hydrogen-bond acceptors (Lipinski definition) is 1. The molecule has 1 fully saturated rings. The summed E-state index contributed by atoms with van der Waals surface area (Å²) in [5, 5.41) is 5.69. The van der Waals surface area contributed by atoms with Crippen LogP contribution in [-0.4, -0.2) is 0 Å². The van der Waals surface area contributed by atoms with Crippen LogP contribution in [0.15, 0.2) is 59.4 Å². The molecule has 3 aromatic rings. The predicted octanol–water partition coefficient (Wildman–Crippen LogP) is 8.54. The van der Waals surface area contributed by atoms with Gasteiger partial charge in [0.25, 0.3) is 0 Å². The molecule has 6 rings (SSSR count). The molecule has 0 spiro atoms. The quantitative estimate of drug-likeness (QED) is 0.268. The van der Waals surface area contributed by atoms with Crippen molar-refractivity contribution in [3.63, 3.8) is 0 Å². The van der Waals surface area contributed by atoms with Gasteiger partial charge < -0.3 is 4.42 Å². The highest BCUT2D eigenvalue weighted by molar-refractivity contribution is 6.01. The Kier molecular flexibility index (Phi) is 5.98. The first kappa shape index (κ1) is 25.2. The molecule has 1 aromatic heterocycles. The Morgan fingerprint density at radius 2 is 1.61 bits per heavy atom. The van der Waals surface area contributed by atoms with Gasteiger partial charge >= 0.3 is 0 Å². The van der Waals surface area contributed by atoms with E-state index >= 15 is 0 Å². The van der Waals surface area contributed by atoms with E-state index in [1.165, 1.54) is 86.7 Å². The zero-order valence-corrected chi connectivity index (χ0v) is 24.3. The highest BCUT2D eigenvalue weighted by atomic mass is 16.3. The van der Waals surface area contributed by atoms with Gasteiger partial charge in [0.05, 0.1) is 12.5 Å². The fourth-order valence-electron chi connectivity index (χ4n) is 6.78. The van der Waals surface area contributed by atoms with Crippen LogP contribution in [0.4, 0.5) is 0 Å². The lowest BCUT2D eigenvalue weighted by atomic mass is 9.76. The topological polar surface area (TPSA) is 13.1 Å². The average molecular weight is 503 g/mol. The molecular weight excluding hydrogens is 460 g/mol. The molecule has 0 N–H and O–H groups in total. The van der Waals surface area contributed by atoms with Crippen molar-refractivity contribution in [3.05, 3.63) is 104 Å². The summed E-state index contributed by atoms with van der Waals surface area (Å²) < 4.78 is 5.58. The van der Waals surface area contributed by atoms with E-state index in [1.54, 1.807) is 17.1 Å². The minimum Gasteiger partial charge on any atom is -0.472 e. The van der Waals surface area contributed by atoms with Gasteiger partial charge in [-0.05, 0) is 109 Å². The molecule has 1 atom stereocenters. The van der Waals surface area contributed by atoms with Gasteiger partial charge in [-0.2, -0.15) is 0 Å². The lowest BCUT2D eigenvalue weighted by molar-refractivity contribution is 0.566. The molecule has 1 heterocycles. The van der Waals surface area contributed by atoms with Crippen LogP contribution in [0.5, 0.6) is 0 Å². The molecule has 0 bridgehead atoms. The maximum Gasteiger partial charge on any atom is 0.0981 e. The van der Waals surface area contributed by atoms with Crippen LogP contribution in [0.2, 0.25) is 0 Å². The van der Waals surface area contributed by atoms with Gasteiger partial charge in [0, 0.05) is 11.5 Å². The van der Waals surface area contributed by atoms with Gasteiger partial charge in [-0.25, -0.2) is 0 Å². The summed E-state index contributed by atoms with van der Waals surface area (Å²) in [6, 6.07) is 11.8. The van der Waals surface area contributed by atoms with Crippen LogP contribution in [0.25, 0.3) is 22.8 Å². The second kappa shape index (κ2) is 9.01. The molecule has 2 aromatic carbocycles. The van der Waals surface area contributed by atoms with Crippen molar-refractivity contribution in [2.45, 2.75) is 91.4 Å². The summed E-state index contributed by atoms with van der Waals surface area (Å²) in [4.78, 5) is 0. The summed E-state index contributed by atoms with van der Waals surface area (Å²) in [6.45, 7) is 16.5. The lowest BCUT2D eigenvalue weighted by Crippen LogP contribution is -2.30. The fourth-order valence-corrected chi connectivity index (χ4v) is 6.78. The summed E-state index contributed by atoms with van der Waals surface area (Å²) in [6.07, 6.45) is 17.3. The van der Waals surface area contributed by atoms with E-state index in [0.29, 0.717) is 5.92 Å². The highest BCUT2D eigenvalue weighted by Crippen LogP contribution is 2.42. The molecule has 0 amide bonds. The third-order valence-electron chi connectivity index (χ3n) is 8.89. The number of furan rings is 1. The molecule has 3 aliphatic rings. The molecule has 1 heteroatoms. The van der Waals surface area contributed by atoms with Crippen LogP contribution in [-0.2, 0) is 10.8 Å². The first-order valence-electron chi connectivity index (χ1n) is 14.6. The van der Waals surface area contributed by atoms with Crippen molar-refractivity contribution >= 4 is 22.8 Å². The monoisotopic (exact) mass is 502 g/mol. The predicted molar refractivity (Wildman–Crippen MR) is 161 cm³/mol. The second-order valence-electron chi connectivity index (χ2n) is 13.7.